The van der Waals surface area contributed by atoms with Crippen LogP contribution in [0.25, 0.3) is 22.6 Å². The molecule has 0 spiro atoms. The summed E-state index contributed by atoms with van der Waals surface area (Å²) in [6.45, 7) is 1.40. The molecular weight excluding hydrogens is 427 g/mol. The van der Waals surface area contributed by atoms with Crippen molar-refractivity contribution in [1.29, 1.82) is 0 Å². The highest BCUT2D eigenvalue weighted by molar-refractivity contribution is 7.91. The number of hydrogen-bond donors (Lipinski definition) is 1. The van der Waals surface area contributed by atoms with Gasteiger partial charge in [-0.1, -0.05) is 6.92 Å². The van der Waals surface area contributed by atoms with Gasteiger partial charge in [-0.05, 0) is 12.1 Å². The highest BCUT2D eigenvalue weighted by atomic mass is 32.2. The normalized spacial score (nSPS) is 12.3. The van der Waals surface area contributed by atoms with Crippen LogP contribution in [0.3, 0.4) is 0 Å². The lowest BCUT2D eigenvalue weighted by molar-refractivity contribution is -0.141. The quantitative estimate of drug-likeness (QED) is 0.659. The summed E-state index contributed by atoms with van der Waals surface area (Å²) in [5, 5.41) is 9.14. The number of carbonyl (C=O) groups is 1. The number of aromatic nitrogens is 4. The molecule has 1 amide bonds. The molecule has 160 valence electrons. The van der Waals surface area contributed by atoms with E-state index in [1.807, 2.05) is 0 Å². The molecule has 0 saturated carbocycles. The lowest BCUT2D eigenvalue weighted by atomic mass is 10.3. The predicted molar refractivity (Wildman–Crippen MR) is 101 cm³/mol. The third kappa shape index (κ3) is 3.67. The van der Waals surface area contributed by atoms with E-state index in [1.54, 1.807) is 0 Å². The second kappa shape index (κ2) is 7.23. The van der Waals surface area contributed by atoms with Crippen LogP contribution in [0.1, 0.15) is 12.6 Å². The maximum Gasteiger partial charge on any atom is 0.433 e. The van der Waals surface area contributed by atoms with Crippen molar-refractivity contribution < 1.29 is 31.5 Å². The van der Waals surface area contributed by atoms with Gasteiger partial charge < -0.3 is 9.67 Å². The minimum Gasteiger partial charge on any atom is -0.465 e. The van der Waals surface area contributed by atoms with Crippen molar-refractivity contribution in [3.8, 4) is 11.5 Å². The second-order valence-corrected chi connectivity index (χ2v) is 8.58. The number of fused-ring (bicyclic) bond motifs is 1. The van der Waals surface area contributed by atoms with Gasteiger partial charge in [0.15, 0.2) is 15.7 Å². The van der Waals surface area contributed by atoms with E-state index in [-0.39, 0.29) is 38.9 Å². The van der Waals surface area contributed by atoms with Gasteiger partial charge in [0.1, 0.15) is 11.4 Å². The van der Waals surface area contributed by atoms with Gasteiger partial charge in [-0.2, -0.15) is 13.2 Å². The number of hydrogen-bond acceptors (Lipinski definition) is 6. The highest BCUT2D eigenvalue weighted by Gasteiger charge is 2.33. The fraction of sp³-hybridized carbons (Fsp3) is 0.294. The summed E-state index contributed by atoms with van der Waals surface area (Å²) in [7, 11) is -1.17. The lowest BCUT2D eigenvalue weighted by Gasteiger charge is -2.16. The lowest BCUT2D eigenvalue weighted by Crippen LogP contribution is -2.24. The molecule has 3 aromatic rings. The van der Waals surface area contributed by atoms with Gasteiger partial charge in [0.05, 0.1) is 39.8 Å². The molecule has 0 unspecified atom stereocenters. The Balaban J connectivity index is 2.28. The van der Waals surface area contributed by atoms with E-state index < -0.39 is 27.8 Å². The van der Waals surface area contributed by atoms with Crippen molar-refractivity contribution in [2.45, 2.75) is 18.0 Å². The van der Waals surface area contributed by atoms with Crippen molar-refractivity contribution in [3.05, 3.63) is 30.2 Å². The second-order valence-electron chi connectivity index (χ2n) is 6.34. The minimum atomic E-state index is -4.66. The molecule has 9 nitrogen and oxygen atoms in total. The molecule has 0 fully saturated rings. The summed E-state index contributed by atoms with van der Waals surface area (Å²) < 4.78 is 65.5. The molecule has 0 atom stereocenters. The minimum absolute atomic E-state index is 0.00248. The number of rotatable bonds is 4. The van der Waals surface area contributed by atoms with Crippen LogP contribution in [-0.2, 0) is 23.1 Å². The van der Waals surface area contributed by atoms with E-state index in [1.165, 1.54) is 25.6 Å². The fourth-order valence-electron chi connectivity index (χ4n) is 2.74. The Morgan fingerprint density at radius 3 is 2.47 bits per heavy atom. The van der Waals surface area contributed by atoms with Crippen LogP contribution in [0.2, 0.25) is 0 Å². The molecule has 30 heavy (non-hydrogen) atoms. The molecular formula is C17H16F3N5O4S. The smallest absolute Gasteiger partial charge is 0.433 e. The average molecular weight is 443 g/mol. The zero-order chi connectivity index (χ0) is 22.4. The summed E-state index contributed by atoms with van der Waals surface area (Å²) >= 11 is 0. The SMILES string of the molecule is CCS(=O)(=O)c1cc(N(C)C(=O)O)cnc1-c1nc2cc(C(F)(F)F)ncc2n1C. The Morgan fingerprint density at radius 2 is 1.90 bits per heavy atom. The number of sulfone groups is 1. The van der Waals surface area contributed by atoms with Crippen molar-refractivity contribution in [2.24, 2.45) is 7.05 Å². The van der Waals surface area contributed by atoms with Gasteiger partial charge in [-0.3, -0.25) is 4.90 Å². The van der Waals surface area contributed by atoms with E-state index in [4.69, 9.17) is 5.11 Å². The van der Waals surface area contributed by atoms with Crippen LogP contribution >= 0.6 is 0 Å². The van der Waals surface area contributed by atoms with E-state index in [2.05, 4.69) is 15.0 Å². The zero-order valence-electron chi connectivity index (χ0n) is 16.0. The molecule has 0 aromatic carbocycles. The molecule has 0 radical (unpaired) electrons. The van der Waals surface area contributed by atoms with Crippen LogP contribution in [-0.4, -0.2) is 51.9 Å². The topological polar surface area (TPSA) is 118 Å². The molecule has 3 rings (SSSR count). The first-order chi connectivity index (χ1) is 13.9. The highest BCUT2D eigenvalue weighted by Crippen LogP contribution is 2.33. The van der Waals surface area contributed by atoms with Gasteiger partial charge in [0, 0.05) is 14.1 Å². The van der Waals surface area contributed by atoms with Crippen molar-refractivity contribution in [3.63, 3.8) is 0 Å². The number of carboxylic acid groups (broad SMARTS) is 1. The standard InChI is InChI=1S/C17H16F3N5O4S/c1-4-30(28,29)12-5-9(24(2)16(26)27)7-22-14(12)15-23-10-6-13(17(18,19)20)21-8-11(10)25(15)3/h5-8H,4H2,1-3H3,(H,26,27). The first kappa shape index (κ1) is 21.5. The van der Waals surface area contributed by atoms with E-state index >= 15 is 0 Å². The van der Waals surface area contributed by atoms with Crippen LogP contribution in [0.4, 0.5) is 23.7 Å². The number of pyridine rings is 2. The molecule has 13 heteroatoms. The third-order valence-electron chi connectivity index (χ3n) is 4.50. The van der Waals surface area contributed by atoms with Crippen molar-refractivity contribution >= 4 is 32.7 Å². The Bertz CT molecular complexity index is 1250. The van der Waals surface area contributed by atoms with E-state index in [0.717, 1.165) is 29.4 Å². The van der Waals surface area contributed by atoms with Crippen LogP contribution < -0.4 is 4.90 Å². The summed E-state index contributed by atoms with van der Waals surface area (Å²) in [6, 6.07) is 1.91. The Hall–Kier alpha value is -3.22. The number of alkyl halides is 3. The average Bonchev–Trinajstić information content (AvgIpc) is 3.02. The Labute approximate surface area is 168 Å². The number of halogens is 3. The van der Waals surface area contributed by atoms with E-state index in [9.17, 15) is 26.4 Å². The number of nitrogens with zero attached hydrogens (tertiary/aromatic N) is 5. The molecule has 0 aliphatic rings. The van der Waals surface area contributed by atoms with Crippen molar-refractivity contribution in [2.75, 3.05) is 17.7 Å². The van der Waals surface area contributed by atoms with Crippen LogP contribution in [0, 0.1) is 0 Å². The number of aryl methyl sites for hydroxylation is 1. The Kier molecular flexibility index (Phi) is 5.18. The summed E-state index contributed by atoms with van der Waals surface area (Å²) in [4.78, 5) is 23.3. The monoisotopic (exact) mass is 443 g/mol. The maximum absolute atomic E-state index is 13.0. The van der Waals surface area contributed by atoms with Crippen LogP contribution in [0.15, 0.2) is 29.4 Å². The van der Waals surface area contributed by atoms with Gasteiger partial charge in [-0.15, -0.1) is 0 Å². The summed E-state index contributed by atoms with van der Waals surface area (Å²) in [6.07, 6.45) is -3.84. The van der Waals surface area contributed by atoms with Gasteiger partial charge in [-0.25, -0.2) is 28.2 Å². The Morgan fingerprint density at radius 1 is 1.23 bits per heavy atom. The largest absolute Gasteiger partial charge is 0.465 e. The molecule has 3 heterocycles. The molecule has 3 aromatic heterocycles. The molecule has 0 aliphatic heterocycles. The van der Waals surface area contributed by atoms with Gasteiger partial charge in [0.2, 0.25) is 0 Å². The van der Waals surface area contributed by atoms with Crippen molar-refractivity contribution in [1.82, 2.24) is 19.5 Å². The zero-order valence-corrected chi connectivity index (χ0v) is 16.8. The number of anilines is 1. The fourth-order valence-corrected chi connectivity index (χ4v) is 3.79. The summed E-state index contributed by atoms with van der Waals surface area (Å²) in [5.74, 6) is -0.297. The van der Waals surface area contributed by atoms with Gasteiger partial charge in [0.25, 0.3) is 0 Å². The summed E-state index contributed by atoms with van der Waals surface area (Å²) in [5.41, 5.74) is -1.02. The predicted octanol–water partition coefficient (Wildman–Crippen LogP) is 2.96. The first-order valence-electron chi connectivity index (χ1n) is 8.46. The number of imidazole rings is 1. The van der Waals surface area contributed by atoms with Gasteiger partial charge >= 0.3 is 12.3 Å². The van der Waals surface area contributed by atoms with Crippen LogP contribution in [0.5, 0.6) is 0 Å². The molecule has 0 bridgehead atoms. The number of amides is 1. The molecule has 1 N–H and O–H groups in total. The van der Waals surface area contributed by atoms with E-state index in [0.29, 0.717) is 0 Å². The molecule has 0 saturated heterocycles. The third-order valence-corrected chi connectivity index (χ3v) is 6.24. The first-order valence-corrected chi connectivity index (χ1v) is 10.1. The maximum atomic E-state index is 13.0. The molecule has 0 aliphatic carbocycles.